The van der Waals surface area contributed by atoms with Crippen LogP contribution in [0.3, 0.4) is 0 Å². The normalized spacial score (nSPS) is 11.2. The molecule has 1 N–H and O–H groups in total. The fourth-order valence-corrected chi connectivity index (χ4v) is 2.75. The number of benzene rings is 1. The molecule has 0 unspecified atom stereocenters. The molecule has 0 radical (unpaired) electrons. The highest BCUT2D eigenvalue weighted by Gasteiger charge is 2.15. The van der Waals surface area contributed by atoms with Crippen molar-refractivity contribution in [1.82, 2.24) is 19.7 Å². The highest BCUT2D eigenvalue weighted by atomic mass is 32.2. The molecule has 0 fully saturated rings. The van der Waals surface area contributed by atoms with Crippen molar-refractivity contribution in [2.75, 3.05) is 14.2 Å². The van der Waals surface area contributed by atoms with E-state index in [1.165, 1.54) is 20.3 Å². The van der Waals surface area contributed by atoms with Gasteiger partial charge in [0.1, 0.15) is 0 Å². The molecule has 2 aromatic rings. The Morgan fingerprint density at radius 1 is 1.09 bits per heavy atom. The van der Waals surface area contributed by atoms with Gasteiger partial charge in [-0.1, -0.05) is 12.1 Å². The first-order chi connectivity index (χ1) is 10.4. The molecule has 8 nitrogen and oxygen atoms in total. The second-order valence-electron chi connectivity index (χ2n) is 4.37. The SMILES string of the molecule is COc1nc(CNS(=O)(=O)c2cccc(C)c2)nc(OC)n1. The molecule has 0 aliphatic rings. The predicted molar refractivity (Wildman–Crippen MR) is 78.1 cm³/mol. The molecule has 0 saturated carbocycles. The van der Waals surface area contributed by atoms with E-state index >= 15 is 0 Å². The minimum atomic E-state index is -3.65. The monoisotopic (exact) mass is 324 g/mol. The zero-order valence-corrected chi connectivity index (χ0v) is 13.2. The molecule has 0 aliphatic carbocycles. The van der Waals surface area contributed by atoms with Crippen molar-refractivity contribution in [2.24, 2.45) is 0 Å². The summed E-state index contributed by atoms with van der Waals surface area (Å²) in [5, 5.41) is 0. The minimum Gasteiger partial charge on any atom is -0.467 e. The molecular formula is C13H16N4O4S. The van der Waals surface area contributed by atoms with Crippen LogP contribution in [0.4, 0.5) is 0 Å². The van der Waals surface area contributed by atoms with Gasteiger partial charge < -0.3 is 9.47 Å². The van der Waals surface area contributed by atoms with Crippen LogP contribution in [0.5, 0.6) is 12.0 Å². The van der Waals surface area contributed by atoms with Gasteiger partial charge in [0.2, 0.25) is 10.0 Å². The summed E-state index contributed by atoms with van der Waals surface area (Å²) in [5.74, 6) is 0.194. The number of ether oxygens (including phenoxy) is 2. The molecule has 118 valence electrons. The maximum atomic E-state index is 12.2. The zero-order valence-electron chi connectivity index (χ0n) is 12.4. The van der Waals surface area contributed by atoms with E-state index in [1.807, 2.05) is 13.0 Å². The minimum absolute atomic E-state index is 0.0524. The predicted octanol–water partition coefficient (Wildman–Crippen LogP) is 0.676. The summed E-state index contributed by atoms with van der Waals surface area (Å²) in [4.78, 5) is 11.9. The van der Waals surface area contributed by atoms with Gasteiger partial charge in [0.05, 0.1) is 25.7 Å². The van der Waals surface area contributed by atoms with E-state index in [-0.39, 0.29) is 29.3 Å². The lowest BCUT2D eigenvalue weighted by atomic mass is 10.2. The standard InChI is InChI=1S/C13H16N4O4S/c1-9-5-4-6-10(7-9)22(18,19)14-8-11-15-12(20-2)17-13(16-11)21-3/h4-7,14H,8H2,1-3H3. The zero-order chi connectivity index (χ0) is 16.2. The number of sulfonamides is 1. The van der Waals surface area contributed by atoms with E-state index in [2.05, 4.69) is 19.7 Å². The molecule has 0 spiro atoms. The van der Waals surface area contributed by atoms with Crippen molar-refractivity contribution in [1.29, 1.82) is 0 Å². The Hall–Kier alpha value is -2.26. The third-order valence-electron chi connectivity index (χ3n) is 2.73. The lowest BCUT2D eigenvalue weighted by Gasteiger charge is -2.08. The number of nitrogens with zero attached hydrogens (tertiary/aromatic N) is 3. The van der Waals surface area contributed by atoms with Crippen LogP contribution in [-0.4, -0.2) is 37.6 Å². The number of rotatable bonds is 6. The second kappa shape index (κ2) is 6.67. The second-order valence-corrected chi connectivity index (χ2v) is 6.13. The van der Waals surface area contributed by atoms with E-state index in [0.29, 0.717) is 0 Å². The van der Waals surface area contributed by atoms with Crippen LogP contribution in [0, 0.1) is 6.92 Å². The van der Waals surface area contributed by atoms with E-state index in [0.717, 1.165) is 5.56 Å². The maximum Gasteiger partial charge on any atom is 0.322 e. The largest absolute Gasteiger partial charge is 0.467 e. The van der Waals surface area contributed by atoms with E-state index in [4.69, 9.17) is 9.47 Å². The first-order valence-corrected chi connectivity index (χ1v) is 7.82. The highest BCUT2D eigenvalue weighted by molar-refractivity contribution is 7.89. The lowest BCUT2D eigenvalue weighted by Crippen LogP contribution is -2.24. The van der Waals surface area contributed by atoms with Crippen LogP contribution in [0.2, 0.25) is 0 Å². The first-order valence-electron chi connectivity index (χ1n) is 6.34. The van der Waals surface area contributed by atoms with Gasteiger partial charge in [-0.15, -0.1) is 4.98 Å². The van der Waals surface area contributed by atoms with Gasteiger partial charge in [0.15, 0.2) is 5.82 Å². The summed E-state index contributed by atoms with van der Waals surface area (Å²) in [6, 6.07) is 6.70. The Kier molecular flexibility index (Phi) is 4.88. The molecule has 0 bridgehead atoms. The molecule has 22 heavy (non-hydrogen) atoms. The van der Waals surface area contributed by atoms with Crippen LogP contribution in [0.15, 0.2) is 29.2 Å². The van der Waals surface area contributed by atoms with Crippen LogP contribution < -0.4 is 14.2 Å². The number of methoxy groups -OCH3 is 2. The lowest BCUT2D eigenvalue weighted by molar-refractivity contribution is 0.336. The van der Waals surface area contributed by atoms with Crippen molar-refractivity contribution >= 4 is 10.0 Å². The van der Waals surface area contributed by atoms with Gasteiger partial charge >= 0.3 is 12.0 Å². The molecule has 2 rings (SSSR count). The summed E-state index contributed by atoms with van der Waals surface area (Å²) in [6.45, 7) is 1.71. The summed E-state index contributed by atoms with van der Waals surface area (Å²) in [7, 11) is -0.856. The average Bonchev–Trinajstić information content (AvgIpc) is 2.52. The van der Waals surface area contributed by atoms with E-state index < -0.39 is 10.0 Å². The summed E-state index contributed by atoms with van der Waals surface area (Å²) in [5.41, 5.74) is 0.853. The van der Waals surface area contributed by atoms with Crippen LogP contribution >= 0.6 is 0 Å². The fraction of sp³-hybridized carbons (Fsp3) is 0.308. The van der Waals surface area contributed by atoms with Crippen molar-refractivity contribution in [3.63, 3.8) is 0 Å². The molecule has 0 saturated heterocycles. The summed E-state index contributed by atoms with van der Waals surface area (Å²) in [6.07, 6.45) is 0. The van der Waals surface area contributed by atoms with Crippen molar-refractivity contribution in [3.05, 3.63) is 35.7 Å². The molecular weight excluding hydrogens is 308 g/mol. The Bertz CT molecular complexity index is 742. The van der Waals surface area contributed by atoms with Gasteiger partial charge in [-0.2, -0.15) is 9.97 Å². The Labute approximate surface area is 128 Å². The van der Waals surface area contributed by atoms with Gasteiger partial charge in [-0.05, 0) is 24.6 Å². The van der Waals surface area contributed by atoms with Gasteiger partial charge in [0, 0.05) is 0 Å². The number of hydrogen-bond donors (Lipinski definition) is 1. The first kappa shape index (κ1) is 16.1. The molecule has 1 aromatic carbocycles. The fourth-order valence-electron chi connectivity index (χ4n) is 1.66. The average molecular weight is 324 g/mol. The number of hydrogen-bond acceptors (Lipinski definition) is 7. The van der Waals surface area contributed by atoms with E-state index in [9.17, 15) is 8.42 Å². The van der Waals surface area contributed by atoms with E-state index in [1.54, 1.807) is 12.1 Å². The number of aromatic nitrogens is 3. The quantitative estimate of drug-likeness (QED) is 0.833. The Balaban J connectivity index is 2.18. The van der Waals surface area contributed by atoms with Crippen molar-refractivity contribution < 1.29 is 17.9 Å². The van der Waals surface area contributed by atoms with Crippen LogP contribution in [0.25, 0.3) is 0 Å². The van der Waals surface area contributed by atoms with Crippen molar-refractivity contribution in [3.8, 4) is 12.0 Å². The summed E-state index contributed by atoms with van der Waals surface area (Å²) < 4.78 is 36.7. The van der Waals surface area contributed by atoms with Crippen LogP contribution in [0.1, 0.15) is 11.4 Å². The third-order valence-corrected chi connectivity index (χ3v) is 4.12. The number of nitrogens with one attached hydrogen (secondary N) is 1. The Morgan fingerprint density at radius 2 is 1.73 bits per heavy atom. The summed E-state index contributed by atoms with van der Waals surface area (Å²) >= 11 is 0. The Morgan fingerprint density at radius 3 is 2.27 bits per heavy atom. The molecule has 1 aromatic heterocycles. The van der Waals surface area contributed by atoms with Crippen molar-refractivity contribution in [2.45, 2.75) is 18.4 Å². The molecule has 0 aliphatic heterocycles. The number of aryl methyl sites for hydroxylation is 1. The van der Waals surface area contributed by atoms with Crippen LogP contribution in [-0.2, 0) is 16.6 Å². The highest BCUT2D eigenvalue weighted by Crippen LogP contribution is 2.12. The van der Waals surface area contributed by atoms with Gasteiger partial charge in [0.25, 0.3) is 0 Å². The van der Waals surface area contributed by atoms with Gasteiger partial charge in [-0.3, -0.25) is 0 Å². The van der Waals surface area contributed by atoms with Gasteiger partial charge in [-0.25, -0.2) is 13.1 Å². The maximum absolute atomic E-state index is 12.2. The molecule has 9 heteroatoms. The molecule has 0 atom stereocenters. The smallest absolute Gasteiger partial charge is 0.322 e. The third kappa shape index (κ3) is 3.89. The molecule has 1 heterocycles. The topological polar surface area (TPSA) is 103 Å². The molecule has 0 amide bonds.